The number of hydrogen-bond acceptors (Lipinski definition) is 6. The summed E-state index contributed by atoms with van der Waals surface area (Å²) < 4.78 is 51.8. The first-order valence-corrected chi connectivity index (χ1v) is 13.1. The Kier molecular flexibility index (Phi) is 9.74. The number of carbonyl (C=O) groups excluding carboxylic acids is 2. The van der Waals surface area contributed by atoms with Crippen molar-refractivity contribution < 1.29 is 32.2 Å². The number of carbonyl (C=O) groups is 2. The molecule has 0 amide bonds. The smallest absolute Gasteiger partial charge is 0.417 e. The molecule has 1 unspecified atom stereocenters. The van der Waals surface area contributed by atoms with Gasteiger partial charge in [0, 0.05) is 29.9 Å². The van der Waals surface area contributed by atoms with Crippen molar-refractivity contribution in [3.05, 3.63) is 92.8 Å². The Morgan fingerprint density at radius 1 is 0.975 bits per heavy atom. The fourth-order valence-corrected chi connectivity index (χ4v) is 5.36. The Morgan fingerprint density at radius 2 is 1.57 bits per heavy atom. The topological polar surface area (TPSA) is 67.9 Å². The summed E-state index contributed by atoms with van der Waals surface area (Å²) in [4.78, 5) is 28.6. The molecule has 0 aliphatic carbocycles. The van der Waals surface area contributed by atoms with Gasteiger partial charge in [-0.05, 0) is 38.1 Å². The summed E-state index contributed by atoms with van der Waals surface area (Å²) in [5.74, 6) is -2.81. The van der Waals surface area contributed by atoms with Crippen LogP contribution in [0.1, 0.15) is 50.3 Å². The van der Waals surface area contributed by atoms with E-state index in [9.17, 15) is 22.8 Å². The van der Waals surface area contributed by atoms with Crippen molar-refractivity contribution in [2.24, 2.45) is 5.41 Å². The Bertz CT molecular complexity index is 1320. The van der Waals surface area contributed by atoms with Crippen molar-refractivity contribution >= 4 is 23.5 Å². The Morgan fingerprint density at radius 3 is 2.15 bits per heavy atom. The van der Waals surface area contributed by atoms with Gasteiger partial charge in [0.1, 0.15) is 0 Å². The summed E-state index contributed by atoms with van der Waals surface area (Å²) in [6.07, 6.45) is -4.74. The van der Waals surface area contributed by atoms with E-state index in [2.05, 4.69) is 10.2 Å². The number of esters is 2. The number of alkyl halides is 3. The molecule has 2 aromatic carbocycles. The van der Waals surface area contributed by atoms with E-state index >= 15 is 0 Å². The summed E-state index contributed by atoms with van der Waals surface area (Å²) in [7, 11) is 3.13. The first-order valence-electron chi connectivity index (χ1n) is 12.7. The molecule has 1 N–H and O–H groups in total. The lowest BCUT2D eigenvalue weighted by Crippen LogP contribution is -2.37. The predicted octanol–water partition coefficient (Wildman–Crippen LogP) is 6.47. The van der Waals surface area contributed by atoms with Crippen molar-refractivity contribution in [2.75, 3.05) is 27.3 Å². The Labute approximate surface area is 237 Å². The maximum atomic E-state index is 13.7. The molecule has 40 heavy (non-hydrogen) atoms. The molecular weight excluding hydrogens is 545 g/mol. The molecule has 1 heterocycles. The molecule has 216 valence electrons. The van der Waals surface area contributed by atoms with Gasteiger partial charge in [0.25, 0.3) is 0 Å². The average Bonchev–Trinajstić information content (AvgIpc) is 2.86. The van der Waals surface area contributed by atoms with E-state index in [0.717, 1.165) is 18.7 Å². The zero-order valence-corrected chi connectivity index (χ0v) is 24.2. The lowest BCUT2D eigenvalue weighted by molar-refractivity contribution is -0.142. The molecule has 1 aliphatic rings. The fourth-order valence-electron chi connectivity index (χ4n) is 5.01. The predicted molar refractivity (Wildman–Crippen MR) is 147 cm³/mol. The Balaban J connectivity index is 1.92. The fraction of sp³-hybridized carbons (Fsp3) is 0.400. The summed E-state index contributed by atoms with van der Waals surface area (Å²) >= 11 is 6.28. The van der Waals surface area contributed by atoms with Crippen molar-refractivity contribution in [1.29, 1.82) is 0 Å². The van der Waals surface area contributed by atoms with E-state index in [1.54, 1.807) is 13.8 Å². The van der Waals surface area contributed by atoms with Crippen LogP contribution in [0.25, 0.3) is 0 Å². The first-order chi connectivity index (χ1) is 18.7. The number of ether oxygens (including phenoxy) is 2. The van der Waals surface area contributed by atoms with Crippen LogP contribution in [0, 0.1) is 5.41 Å². The molecule has 0 saturated carbocycles. The molecule has 0 spiro atoms. The minimum atomic E-state index is -4.74. The average molecular weight is 579 g/mol. The van der Waals surface area contributed by atoms with Crippen LogP contribution < -0.4 is 5.32 Å². The standard InChI is InChI=1S/C30H34ClF3N2O4/c1-18-23(27(37)39-6)25(21-13-10-14-22(26(21)31)30(32,33)34)24(19(2)35-18)28(38)40-17-29(3,4)16-36(5)15-20-11-8-7-9-12-20/h7-14,25,35H,15-17H2,1-6H3. The summed E-state index contributed by atoms with van der Waals surface area (Å²) in [6.45, 7) is 8.41. The second-order valence-electron chi connectivity index (χ2n) is 10.7. The minimum Gasteiger partial charge on any atom is -0.466 e. The molecule has 0 fully saturated rings. The quantitative estimate of drug-likeness (QED) is 0.344. The third kappa shape index (κ3) is 7.26. The minimum absolute atomic E-state index is 0.0133. The maximum absolute atomic E-state index is 13.7. The molecule has 0 saturated heterocycles. The van der Waals surface area contributed by atoms with Crippen LogP contribution in [0.15, 0.2) is 71.1 Å². The number of dihydropyridines is 1. The molecular formula is C30H34ClF3N2O4. The van der Waals surface area contributed by atoms with Crippen LogP contribution >= 0.6 is 11.6 Å². The van der Waals surface area contributed by atoms with Gasteiger partial charge in [0.15, 0.2) is 0 Å². The van der Waals surface area contributed by atoms with Crippen LogP contribution in [0.3, 0.4) is 0 Å². The van der Waals surface area contributed by atoms with Crippen LogP contribution in [0.4, 0.5) is 13.2 Å². The first kappa shape index (κ1) is 31.2. The van der Waals surface area contributed by atoms with Crippen LogP contribution in [0.2, 0.25) is 5.02 Å². The normalized spacial score (nSPS) is 16.2. The molecule has 2 aromatic rings. The maximum Gasteiger partial charge on any atom is 0.417 e. The highest BCUT2D eigenvalue weighted by Gasteiger charge is 2.42. The number of allylic oxidation sites excluding steroid dienone is 2. The zero-order chi connectivity index (χ0) is 29.8. The van der Waals surface area contributed by atoms with Crippen molar-refractivity contribution in [3.63, 3.8) is 0 Å². The number of hydrogen-bond donors (Lipinski definition) is 1. The van der Waals surface area contributed by atoms with Crippen molar-refractivity contribution in [1.82, 2.24) is 10.2 Å². The highest BCUT2D eigenvalue weighted by atomic mass is 35.5. The third-order valence-electron chi connectivity index (χ3n) is 6.62. The number of methoxy groups -OCH3 is 1. The van der Waals surface area contributed by atoms with E-state index in [0.29, 0.717) is 24.5 Å². The summed E-state index contributed by atoms with van der Waals surface area (Å²) in [5, 5.41) is 2.38. The van der Waals surface area contributed by atoms with Gasteiger partial charge in [-0.25, -0.2) is 9.59 Å². The Hall–Kier alpha value is -3.30. The second kappa shape index (κ2) is 12.5. The number of nitrogens with one attached hydrogen (secondary N) is 1. The second-order valence-corrected chi connectivity index (χ2v) is 11.1. The lowest BCUT2D eigenvalue weighted by atomic mass is 9.79. The highest BCUT2D eigenvalue weighted by Crippen LogP contribution is 2.45. The van der Waals surface area contributed by atoms with Crippen molar-refractivity contribution in [3.8, 4) is 0 Å². The van der Waals surface area contributed by atoms with E-state index in [-0.39, 0.29) is 23.3 Å². The van der Waals surface area contributed by atoms with Gasteiger partial charge in [0.05, 0.1) is 41.4 Å². The molecule has 10 heteroatoms. The summed E-state index contributed by atoms with van der Waals surface area (Å²) in [6, 6.07) is 13.4. The van der Waals surface area contributed by atoms with Gasteiger partial charge < -0.3 is 19.7 Å². The van der Waals surface area contributed by atoms with Gasteiger partial charge in [-0.1, -0.05) is 67.9 Å². The highest BCUT2D eigenvalue weighted by molar-refractivity contribution is 6.32. The van der Waals surface area contributed by atoms with Crippen LogP contribution in [-0.2, 0) is 31.8 Å². The van der Waals surface area contributed by atoms with E-state index in [4.69, 9.17) is 21.1 Å². The van der Waals surface area contributed by atoms with E-state index in [1.807, 2.05) is 51.2 Å². The number of benzene rings is 2. The number of rotatable bonds is 9. The van der Waals surface area contributed by atoms with E-state index < -0.39 is 40.0 Å². The van der Waals surface area contributed by atoms with Gasteiger partial charge >= 0.3 is 18.1 Å². The van der Waals surface area contributed by atoms with E-state index in [1.165, 1.54) is 12.1 Å². The summed E-state index contributed by atoms with van der Waals surface area (Å²) in [5.41, 5.74) is 0.200. The zero-order valence-electron chi connectivity index (χ0n) is 23.4. The molecule has 1 atom stereocenters. The molecule has 0 bridgehead atoms. The van der Waals surface area contributed by atoms with Crippen LogP contribution in [-0.4, -0.2) is 44.1 Å². The monoisotopic (exact) mass is 578 g/mol. The van der Waals surface area contributed by atoms with Crippen molar-refractivity contribution in [2.45, 2.75) is 46.3 Å². The molecule has 0 aromatic heterocycles. The SMILES string of the molecule is COC(=O)C1=C(C)NC(C)=C(C(=O)OCC(C)(C)CN(C)Cc2ccccc2)C1c1cccc(C(F)(F)F)c1Cl. The van der Waals surface area contributed by atoms with Crippen LogP contribution in [0.5, 0.6) is 0 Å². The largest absolute Gasteiger partial charge is 0.466 e. The lowest BCUT2D eigenvalue weighted by Gasteiger charge is -2.33. The third-order valence-corrected chi connectivity index (χ3v) is 7.04. The molecule has 1 aliphatic heterocycles. The van der Waals surface area contributed by atoms with Gasteiger partial charge in [0.2, 0.25) is 0 Å². The molecule has 6 nitrogen and oxygen atoms in total. The van der Waals surface area contributed by atoms with Gasteiger partial charge in [-0.2, -0.15) is 13.2 Å². The van der Waals surface area contributed by atoms with Gasteiger partial charge in [-0.15, -0.1) is 0 Å². The number of halogens is 4. The number of nitrogens with zero attached hydrogens (tertiary/aromatic N) is 1. The molecule has 0 radical (unpaired) electrons. The van der Waals surface area contributed by atoms with Gasteiger partial charge in [-0.3, -0.25) is 0 Å². The molecule has 3 rings (SSSR count).